The van der Waals surface area contributed by atoms with Crippen molar-refractivity contribution in [2.24, 2.45) is 0 Å². The van der Waals surface area contributed by atoms with Crippen molar-refractivity contribution in [3.8, 4) is 0 Å². The van der Waals surface area contributed by atoms with Gasteiger partial charge < -0.3 is 9.47 Å². The molecule has 0 aliphatic rings. The molecular weight excluding hydrogens is 192 g/mol. The van der Waals surface area contributed by atoms with Crippen LogP contribution in [0.5, 0.6) is 0 Å². The SMILES string of the molecule is C=C/C=C(\C=C)OC(C)COC(=O)CC. The molecule has 0 aromatic rings. The van der Waals surface area contributed by atoms with E-state index in [0.29, 0.717) is 12.2 Å². The topological polar surface area (TPSA) is 35.5 Å². The molecular formula is C12H18O3. The van der Waals surface area contributed by atoms with Gasteiger partial charge in [0.25, 0.3) is 0 Å². The van der Waals surface area contributed by atoms with E-state index in [2.05, 4.69) is 13.2 Å². The van der Waals surface area contributed by atoms with E-state index >= 15 is 0 Å². The highest BCUT2D eigenvalue weighted by molar-refractivity contribution is 5.68. The normalized spacial score (nSPS) is 12.8. The highest BCUT2D eigenvalue weighted by Crippen LogP contribution is 2.04. The molecule has 0 fully saturated rings. The van der Waals surface area contributed by atoms with Gasteiger partial charge in [0.15, 0.2) is 0 Å². The summed E-state index contributed by atoms with van der Waals surface area (Å²) in [6.45, 7) is 11.0. The van der Waals surface area contributed by atoms with Crippen LogP contribution in [-0.2, 0) is 14.3 Å². The molecule has 0 amide bonds. The van der Waals surface area contributed by atoms with Crippen LogP contribution >= 0.6 is 0 Å². The Kier molecular flexibility index (Phi) is 7.06. The molecule has 0 heterocycles. The van der Waals surface area contributed by atoms with Crippen molar-refractivity contribution in [1.29, 1.82) is 0 Å². The lowest BCUT2D eigenvalue weighted by Gasteiger charge is -2.14. The molecule has 3 heteroatoms. The van der Waals surface area contributed by atoms with E-state index in [0.717, 1.165) is 0 Å². The minimum Gasteiger partial charge on any atom is -0.487 e. The number of rotatable bonds is 7. The monoisotopic (exact) mass is 210 g/mol. The molecule has 1 atom stereocenters. The Morgan fingerprint density at radius 2 is 2.13 bits per heavy atom. The largest absolute Gasteiger partial charge is 0.487 e. The second-order valence-electron chi connectivity index (χ2n) is 2.97. The molecule has 1 unspecified atom stereocenters. The zero-order valence-corrected chi connectivity index (χ0v) is 9.36. The third kappa shape index (κ3) is 6.55. The van der Waals surface area contributed by atoms with Crippen LogP contribution in [0.25, 0.3) is 0 Å². The van der Waals surface area contributed by atoms with Crippen LogP contribution in [0.2, 0.25) is 0 Å². The van der Waals surface area contributed by atoms with Crippen molar-refractivity contribution in [2.75, 3.05) is 6.61 Å². The molecule has 0 rings (SSSR count). The highest BCUT2D eigenvalue weighted by Gasteiger charge is 2.06. The summed E-state index contributed by atoms with van der Waals surface area (Å²) in [6, 6.07) is 0. The summed E-state index contributed by atoms with van der Waals surface area (Å²) in [5.74, 6) is 0.392. The van der Waals surface area contributed by atoms with Crippen LogP contribution in [0, 0.1) is 0 Å². The van der Waals surface area contributed by atoms with Crippen LogP contribution in [0.15, 0.2) is 37.1 Å². The molecule has 0 aromatic carbocycles. The minimum absolute atomic E-state index is 0.190. The van der Waals surface area contributed by atoms with Crippen molar-refractivity contribution >= 4 is 5.97 Å². The van der Waals surface area contributed by atoms with Crippen LogP contribution in [0.4, 0.5) is 0 Å². The Hall–Kier alpha value is -1.51. The van der Waals surface area contributed by atoms with Gasteiger partial charge >= 0.3 is 5.97 Å². The van der Waals surface area contributed by atoms with E-state index in [-0.39, 0.29) is 18.7 Å². The summed E-state index contributed by atoms with van der Waals surface area (Å²) in [4.78, 5) is 10.9. The second kappa shape index (κ2) is 7.85. The standard InChI is InChI=1S/C12H18O3/c1-5-8-11(6-2)15-10(4)9-14-12(13)7-3/h5-6,8,10H,1-2,7,9H2,3-4H3/b11-8+. The minimum atomic E-state index is -0.224. The molecule has 84 valence electrons. The van der Waals surface area contributed by atoms with Crippen LogP contribution < -0.4 is 0 Å². The lowest BCUT2D eigenvalue weighted by atomic mass is 10.4. The summed E-state index contributed by atoms with van der Waals surface area (Å²) in [7, 11) is 0. The first-order chi connectivity index (χ1) is 7.13. The fourth-order valence-corrected chi connectivity index (χ4v) is 0.850. The van der Waals surface area contributed by atoms with E-state index in [1.165, 1.54) is 0 Å². The smallest absolute Gasteiger partial charge is 0.305 e. The first-order valence-electron chi connectivity index (χ1n) is 4.91. The van der Waals surface area contributed by atoms with Gasteiger partial charge in [-0.25, -0.2) is 0 Å². The van der Waals surface area contributed by atoms with Gasteiger partial charge in [-0.05, 0) is 19.1 Å². The molecule has 0 spiro atoms. The summed E-state index contributed by atoms with van der Waals surface area (Å²) in [5, 5.41) is 0. The lowest BCUT2D eigenvalue weighted by molar-refractivity contribution is -0.146. The Morgan fingerprint density at radius 1 is 1.47 bits per heavy atom. The molecule has 0 bridgehead atoms. The maximum Gasteiger partial charge on any atom is 0.305 e. The fourth-order valence-electron chi connectivity index (χ4n) is 0.850. The number of carbonyl (C=O) groups is 1. The van der Waals surface area contributed by atoms with Crippen LogP contribution in [0.3, 0.4) is 0 Å². The zero-order valence-electron chi connectivity index (χ0n) is 9.36. The predicted octanol–water partition coefficient (Wildman–Crippen LogP) is 2.60. The van der Waals surface area contributed by atoms with Gasteiger partial charge in [-0.15, -0.1) is 0 Å². The third-order valence-electron chi connectivity index (χ3n) is 1.59. The average molecular weight is 210 g/mol. The molecule has 0 saturated heterocycles. The van der Waals surface area contributed by atoms with Crippen molar-refractivity contribution in [1.82, 2.24) is 0 Å². The quantitative estimate of drug-likeness (QED) is 0.368. The van der Waals surface area contributed by atoms with Crippen molar-refractivity contribution in [3.05, 3.63) is 37.1 Å². The number of hydrogen-bond donors (Lipinski definition) is 0. The number of esters is 1. The summed E-state index contributed by atoms with van der Waals surface area (Å²) >= 11 is 0. The van der Waals surface area contributed by atoms with Gasteiger partial charge in [-0.2, -0.15) is 0 Å². The summed E-state index contributed by atoms with van der Waals surface area (Å²) in [5.41, 5.74) is 0. The Bertz CT molecular complexity index is 254. The molecule has 0 radical (unpaired) electrons. The third-order valence-corrected chi connectivity index (χ3v) is 1.59. The first-order valence-corrected chi connectivity index (χ1v) is 4.91. The number of ether oxygens (including phenoxy) is 2. The van der Waals surface area contributed by atoms with Gasteiger partial charge in [0, 0.05) is 6.42 Å². The number of allylic oxidation sites excluding steroid dienone is 3. The van der Waals surface area contributed by atoms with E-state index in [1.807, 2.05) is 6.92 Å². The fraction of sp³-hybridized carbons (Fsp3) is 0.417. The van der Waals surface area contributed by atoms with Gasteiger partial charge in [-0.1, -0.05) is 26.2 Å². The maximum atomic E-state index is 10.9. The van der Waals surface area contributed by atoms with E-state index < -0.39 is 0 Å². The number of hydrogen-bond acceptors (Lipinski definition) is 3. The van der Waals surface area contributed by atoms with Gasteiger partial charge in [0.2, 0.25) is 0 Å². The predicted molar refractivity (Wildman–Crippen MR) is 60.3 cm³/mol. The highest BCUT2D eigenvalue weighted by atomic mass is 16.6. The Morgan fingerprint density at radius 3 is 2.60 bits per heavy atom. The molecule has 0 aliphatic carbocycles. The number of carbonyl (C=O) groups excluding carboxylic acids is 1. The molecule has 3 nitrogen and oxygen atoms in total. The summed E-state index contributed by atoms with van der Waals surface area (Å²) < 4.78 is 10.4. The molecule has 0 aliphatic heterocycles. The first kappa shape index (κ1) is 13.5. The Labute approximate surface area is 91.1 Å². The van der Waals surface area contributed by atoms with Crippen LogP contribution in [-0.4, -0.2) is 18.7 Å². The van der Waals surface area contributed by atoms with Gasteiger partial charge in [-0.3, -0.25) is 4.79 Å². The van der Waals surface area contributed by atoms with Crippen molar-refractivity contribution in [3.63, 3.8) is 0 Å². The molecule has 15 heavy (non-hydrogen) atoms. The van der Waals surface area contributed by atoms with Gasteiger partial charge in [0.05, 0.1) is 0 Å². The van der Waals surface area contributed by atoms with E-state index in [9.17, 15) is 4.79 Å². The average Bonchev–Trinajstić information content (AvgIpc) is 2.25. The van der Waals surface area contributed by atoms with Crippen molar-refractivity contribution in [2.45, 2.75) is 26.4 Å². The zero-order chi connectivity index (χ0) is 11.7. The van der Waals surface area contributed by atoms with Crippen LogP contribution in [0.1, 0.15) is 20.3 Å². The van der Waals surface area contributed by atoms with Crippen molar-refractivity contribution < 1.29 is 14.3 Å². The maximum absolute atomic E-state index is 10.9. The lowest BCUT2D eigenvalue weighted by Crippen LogP contribution is -2.18. The molecule has 0 saturated carbocycles. The van der Waals surface area contributed by atoms with E-state index in [4.69, 9.17) is 9.47 Å². The summed E-state index contributed by atoms with van der Waals surface area (Å²) in [6.07, 6.45) is 5.08. The molecule has 0 aromatic heterocycles. The molecule has 0 N–H and O–H groups in total. The van der Waals surface area contributed by atoms with E-state index in [1.54, 1.807) is 25.2 Å². The second-order valence-corrected chi connectivity index (χ2v) is 2.97. The van der Waals surface area contributed by atoms with Gasteiger partial charge in [0.1, 0.15) is 18.5 Å². The Balaban J connectivity index is 3.96.